The Balaban J connectivity index is 2.27. The van der Waals surface area contributed by atoms with E-state index in [0.29, 0.717) is 5.56 Å². The Hall–Kier alpha value is -2.86. The van der Waals surface area contributed by atoms with E-state index in [2.05, 4.69) is 6.07 Å². The molecule has 0 fully saturated rings. The van der Waals surface area contributed by atoms with Gasteiger partial charge in [-0.2, -0.15) is 5.26 Å². The van der Waals surface area contributed by atoms with Gasteiger partial charge in [0.15, 0.2) is 0 Å². The second-order valence-corrected chi connectivity index (χ2v) is 4.63. The topological polar surface area (TPSA) is 45.8 Å². The number of benzene rings is 2. The van der Waals surface area contributed by atoms with Crippen LogP contribution in [-0.2, 0) is 0 Å². The summed E-state index contributed by atoms with van der Waals surface area (Å²) in [6, 6.07) is 19.1. The summed E-state index contributed by atoms with van der Waals surface area (Å²) in [5.41, 5.74) is 3.29. The largest absolute Gasteiger partial charge is 0.280 e. The Labute approximate surface area is 116 Å². The van der Waals surface area contributed by atoms with E-state index in [1.807, 2.05) is 42.5 Å². The molecular formula is C17H12N2O. The maximum Gasteiger partial charge on any atom is 0.228 e. The van der Waals surface area contributed by atoms with Crippen molar-refractivity contribution < 1.29 is 4.79 Å². The summed E-state index contributed by atoms with van der Waals surface area (Å²) in [7, 11) is 0. The van der Waals surface area contributed by atoms with E-state index in [-0.39, 0.29) is 5.91 Å². The number of fused-ring (bicyclic) bond motifs is 1. The zero-order valence-corrected chi connectivity index (χ0v) is 11.0. The monoisotopic (exact) mass is 260 g/mol. The molecular weight excluding hydrogens is 248 g/mol. The van der Waals surface area contributed by atoms with E-state index in [1.165, 1.54) is 0 Å². The third kappa shape index (κ3) is 1.88. The van der Waals surface area contributed by atoms with E-state index >= 15 is 0 Å². The van der Waals surface area contributed by atoms with Crippen LogP contribution in [0, 0.1) is 11.3 Å². The van der Waals surface area contributed by atoms with E-state index in [0.717, 1.165) is 22.2 Å². The second kappa shape index (κ2) is 4.67. The third-order valence-electron chi connectivity index (χ3n) is 3.34. The number of hydrogen-bond acceptors (Lipinski definition) is 2. The fourth-order valence-corrected chi connectivity index (χ4v) is 2.42. The fourth-order valence-electron chi connectivity index (χ4n) is 2.42. The number of carbonyl (C=O) groups is 1. The van der Waals surface area contributed by atoms with Crippen LogP contribution in [0.2, 0.25) is 0 Å². The molecule has 0 spiro atoms. The van der Waals surface area contributed by atoms with Crippen LogP contribution in [0.15, 0.2) is 54.6 Å². The van der Waals surface area contributed by atoms with Crippen molar-refractivity contribution in [3.8, 4) is 17.3 Å². The maximum absolute atomic E-state index is 11.9. The molecule has 20 heavy (non-hydrogen) atoms. The van der Waals surface area contributed by atoms with Crippen molar-refractivity contribution >= 4 is 16.8 Å². The van der Waals surface area contributed by atoms with Gasteiger partial charge in [-0.15, -0.1) is 0 Å². The molecule has 0 radical (unpaired) electrons. The minimum absolute atomic E-state index is 0.0226. The molecule has 0 aliphatic carbocycles. The number of nitrogens with zero attached hydrogens (tertiary/aromatic N) is 2. The van der Waals surface area contributed by atoms with Crippen LogP contribution in [-0.4, -0.2) is 10.5 Å². The van der Waals surface area contributed by atoms with Crippen LogP contribution in [0.4, 0.5) is 0 Å². The van der Waals surface area contributed by atoms with Gasteiger partial charge in [-0.3, -0.25) is 9.36 Å². The molecule has 0 unspecified atom stereocenters. The van der Waals surface area contributed by atoms with Gasteiger partial charge in [0.1, 0.15) is 0 Å². The summed E-state index contributed by atoms with van der Waals surface area (Å²) >= 11 is 0. The molecule has 0 N–H and O–H groups in total. The predicted molar refractivity (Wildman–Crippen MR) is 78.4 cm³/mol. The van der Waals surface area contributed by atoms with Crippen LogP contribution >= 0.6 is 0 Å². The average molecular weight is 260 g/mol. The van der Waals surface area contributed by atoms with Crippen molar-refractivity contribution in [2.45, 2.75) is 6.92 Å². The van der Waals surface area contributed by atoms with Crippen LogP contribution in [0.1, 0.15) is 17.3 Å². The molecule has 3 rings (SSSR count). The zero-order valence-electron chi connectivity index (χ0n) is 11.0. The number of hydrogen-bond donors (Lipinski definition) is 0. The van der Waals surface area contributed by atoms with Crippen molar-refractivity contribution in [1.29, 1.82) is 5.26 Å². The molecule has 1 aromatic heterocycles. The van der Waals surface area contributed by atoms with E-state index in [9.17, 15) is 4.79 Å². The number of nitriles is 1. The molecule has 1 heterocycles. The smallest absolute Gasteiger partial charge is 0.228 e. The van der Waals surface area contributed by atoms with Crippen LogP contribution < -0.4 is 0 Å². The quantitative estimate of drug-likeness (QED) is 0.667. The van der Waals surface area contributed by atoms with Crippen LogP contribution in [0.3, 0.4) is 0 Å². The Morgan fingerprint density at radius 3 is 2.45 bits per heavy atom. The third-order valence-corrected chi connectivity index (χ3v) is 3.34. The zero-order chi connectivity index (χ0) is 14.1. The summed E-state index contributed by atoms with van der Waals surface area (Å²) in [6.07, 6.45) is 0. The summed E-state index contributed by atoms with van der Waals surface area (Å²) in [5.74, 6) is -0.0226. The molecule has 0 aliphatic rings. The minimum atomic E-state index is -0.0226. The number of carbonyl (C=O) groups excluding carboxylic acids is 1. The molecule has 0 amide bonds. The molecule has 96 valence electrons. The summed E-state index contributed by atoms with van der Waals surface area (Å²) in [5, 5.41) is 9.88. The second-order valence-electron chi connectivity index (χ2n) is 4.63. The highest BCUT2D eigenvalue weighted by atomic mass is 16.1. The Morgan fingerprint density at radius 1 is 1.10 bits per heavy atom. The first-order valence-corrected chi connectivity index (χ1v) is 6.32. The Morgan fingerprint density at radius 2 is 1.80 bits per heavy atom. The highest BCUT2D eigenvalue weighted by Crippen LogP contribution is 2.28. The standard InChI is InChI=1S/C17H12N2O/c1-12(20)19-16-5-3-2-4-15(16)10-17(19)14-8-6-13(11-18)7-9-14/h2-10H,1H3. The number of aromatic nitrogens is 1. The predicted octanol–water partition coefficient (Wildman–Crippen LogP) is 3.84. The lowest BCUT2D eigenvalue weighted by molar-refractivity contribution is 0.0943. The van der Waals surface area contributed by atoms with Crippen molar-refractivity contribution in [2.75, 3.05) is 0 Å². The maximum atomic E-state index is 11.9. The number of rotatable bonds is 1. The first-order chi connectivity index (χ1) is 9.70. The fraction of sp³-hybridized carbons (Fsp3) is 0.0588. The molecule has 3 heteroatoms. The molecule has 2 aromatic carbocycles. The summed E-state index contributed by atoms with van der Waals surface area (Å²) < 4.78 is 1.71. The highest BCUT2D eigenvalue weighted by molar-refractivity contribution is 5.97. The van der Waals surface area contributed by atoms with Gasteiger partial charge < -0.3 is 0 Å². The highest BCUT2D eigenvalue weighted by Gasteiger charge is 2.13. The van der Waals surface area contributed by atoms with Gasteiger partial charge in [0, 0.05) is 12.3 Å². The summed E-state index contributed by atoms with van der Waals surface area (Å²) in [6.45, 7) is 1.56. The van der Waals surface area contributed by atoms with Gasteiger partial charge in [0.2, 0.25) is 5.91 Å². The van der Waals surface area contributed by atoms with Crippen molar-refractivity contribution in [1.82, 2.24) is 4.57 Å². The first-order valence-electron chi connectivity index (χ1n) is 6.32. The van der Waals surface area contributed by atoms with E-state index in [4.69, 9.17) is 5.26 Å². The van der Waals surface area contributed by atoms with Gasteiger partial charge in [0.25, 0.3) is 0 Å². The lowest BCUT2D eigenvalue weighted by Gasteiger charge is -2.06. The molecule has 0 saturated heterocycles. The lowest BCUT2D eigenvalue weighted by Crippen LogP contribution is -2.06. The van der Waals surface area contributed by atoms with Gasteiger partial charge in [0.05, 0.1) is 22.8 Å². The molecule has 0 bridgehead atoms. The Bertz CT molecular complexity index is 836. The SMILES string of the molecule is CC(=O)n1c(-c2ccc(C#N)cc2)cc2ccccc21. The molecule has 0 saturated carbocycles. The normalized spacial score (nSPS) is 10.4. The van der Waals surface area contributed by atoms with Crippen molar-refractivity contribution in [3.05, 3.63) is 60.2 Å². The molecule has 3 aromatic rings. The number of para-hydroxylation sites is 1. The Kier molecular flexibility index (Phi) is 2.85. The summed E-state index contributed by atoms with van der Waals surface area (Å²) in [4.78, 5) is 11.9. The first kappa shape index (κ1) is 12.2. The van der Waals surface area contributed by atoms with Crippen molar-refractivity contribution in [2.24, 2.45) is 0 Å². The van der Waals surface area contributed by atoms with E-state index in [1.54, 1.807) is 23.6 Å². The van der Waals surface area contributed by atoms with Gasteiger partial charge in [-0.25, -0.2) is 0 Å². The molecule has 0 atom stereocenters. The van der Waals surface area contributed by atoms with Crippen LogP contribution in [0.25, 0.3) is 22.2 Å². The minimum Gasteiger partial charge on any atom is -0.280 e. The average Bonchev–Trinajstić information content (AvgIpc) is 2.86. The molecule has 3 nitrogen and oxygen atoms in total. The van der Waals surface area contributed by atoms with E-state index < -0.39 is 0 Å². The van der Waals surface area contributed by atoms with Gasteiger partial charge >= 0.3 is 0 Å². The molecule has 0 aliphatic heterocycles. The van der Waals surface area contributed by atoms with Gasteiger partial charge in [-0.1, -0.05) is 30.3 Å². The lowest BCUT2D eigenvalue weighted by atomic mass is 10.1. The van der Waals surface area contributed by atoms with Crippen molar-refractivity contribution in [3.63, 3.8) is 0 Å². The van der Waals surface area contributed by atoms with Crippen LogP contribution in [0.5, 0.6) is 0 Å². The van der Waals surface area contributed by atoms with Gasteiger partial charge in [-0.05, 0) is 29.8 Å².